The molecule has 0 bridgehead atoms. The second-order valence-electron chi connectivity index (χ2n) is 7.03. The van der Waals surface area contributed by atoms with Crippen molar-refractivity contribution >= 4 is 23.5 Å². The summed E-state index contributed by atoms with van der Waals surface area (Å²) in [7, 11) is 0. The Bertz CT molecular complexity index is 772. The molecule has 0 fully saturated rings. The number of hydrogen-bond acceptors (Lipinski definition) is 5. The molecular weight excluding hydrogens is 376 g/mol. The minimum Gasteiger partial charge on any atom is -0.338 e. The molecular formula is C20H28N4O5. The number of fused-ring (bicyclic) bond motifs is 1. The maximum Gasteiger partial charge on any atom is 0.317 e. The maximum absolute atomic E-state index is 12.4. The molecule has 0 unspecified atom stereocenters. The van der Waals surface area contributed by atoms with Crippen molar-refractivity contribution in [3.63, 3.8) is 0 Å². The number of rotatable bonds is 11. The zero-order valence-corrected chi connectivity index (χ0v) is 17.0. The minimum absolute atomic E-state index is 0.0542. The van der Waals surface area contributed by atoms with Crippen LogP contribution in [0.3, 0.4) is 0 Å². The first-order valence-corrected chi connectivity index (χ1v) is 10.1. The molecule has 0 saturated carbocycles. The van der Waals surface area contributed by atoms with E-state index in [1.807, 2.05) is 0 Å². The lowest BCUT2D eigenvalue weighted by Gasteiger charge is -2.23. The molecule has 1 N–H and O–H groups in total. The second kappa shape index (κ2) is 10.5. The van der Waals surface area contributed by atoms with Crippen LogP contribution in [-0.2, 0) is 0 Å². The van der Waals surface area contributed by atoms with E-state index in [9.17, 15) is 24.5 Å². The number of amides is 4. The third-order valence-corrected chi connectivity index (χ3v) is 4.85. The van der Waals surface area contributed by atoms with Gasteiger partial charge in [-0.25, -0.2) is 4.79 Å². The number of carbonyl (C=O) groups is 3. The Morgan fingerprint density at radius 2 is 1.69 bits per heavy atom. The number of benzene rings is 1. The van der Waals surface area contributed by atoms with Gasteiger partial charge in [0.05, 0.1) is 16.1 Å². The van der Waals surface area contributed by atoms with E-state index >= 15 is 0 Å². The van der Waals surface area contributed by atoms with Gasteiger partial charge in [-0.1, -0.05) is 26.7 Å². The standard InChI is InChI=1S/C20H28N4O5/c1-3-5-11-22(12-6-4-2)20(27)21-10-7-13-23-18(25)16-9-8-15(24(28)29)14-17(16)19(23)26/h8-9,14H,3-7,10-13H2,1-2H3,(H,21,27). The van der Waals surface area contributed by atoms with Gasteiger partial charge >= 0.3 is 6.03 Å². The first kappa shape index (κ1) is 22.3. The van der Waals surface area contributed by atoms with Crippen molar-refractivity contribution in [2.75, 3.05) is 26.2 Å². The third-order valence-electron chi connectivity index (χ3n) is 4.85. The lowest BCUT2D eigenvalue weighted by Crippen LogP contribution is -2.42. The Balaban J connectivity index is 1.87. The average molecular weight is 404 g/mol. The Labute approximate surface area is 170 Å². The lowest BCUT2D eigenvalue weighted by molar-refractivity contribution is -0.384. The molecule has 0 saturated heterocycles. The normalized spacial score (nSPS) is 12.8. The van der Waals surface area contributed by atoms with Crippen molar-refractivity contribution in [3.8, 4) is 0 Å². The Hall–Kier alpha value is -2.97. The summed E-state index contributed by atoms with van der Waals surface area (Å²) >= 11 is 0. The Morgan fingerprint density at radius 3 is 2.28 bits per heavy atom. The van der Waals surface area contributed by atoms with Crippen molar-refractivity contribution < 1.29 is 19.3 Å². The Morgan fingerprint density at radius 1 is 1.07 bits per heavy atom. The smallest absolute Gasteiger partial charge is 0.317 e. The van der Waals surface area contributed by atoms with Crippen LogP contribution in [-0.4, -0.2) is 58.7 Å². The number of hydrogen-bond donors (Lipinski definition) is 1. The number of imide groups is 1. The lowest BCUT2D eigenvalue weighted by atomic mass is 10.1. The fourth-order valence-electron chi connectivity index (χ4n) is 3.15. The van der Waals surface area contributed by atoms with E-state index < -0.39 is 16.7 Å². The highest BCUT2D eigenvalue weighted by atomic mass is 16.6. The summed E-state index contributed by atoms with van der Waals surface area (Å²) in [5.41, 5.74) is 0.00625. The van der Waals surface area contributed by atoms with Crippen LogP contribution in [0.25, 0.3) is 0 Å². The van der Waals surface area contributed by atoms with Gasteiger partial charge in [0.15, 0.2) is 0 Å². The van der Waals surface area contributed by atoms with Gasteiger partial charge in [0.1, 0.15) is 0 Å². The summed E-state index contributed by atoms with van der Waals surface area (Å²) in [6.07, 6.45) is 4.31. The van der Waals surface area contributed by atoms with E-state index in [0.29, 0.717) is 26.1 Å². The van der Waals surface area contributed by atoms with Crippen LogP contribution < -0.4 is 5.32 Å². The van der Waals surface area contributed by atoms with Crippen molar-refractivity contribution in [1.29, 1.82) is 0 Å². The number of nitro benzene ring substituents is 1. The van der Waals surface area contributed by atoms with Gasteiger partial charge in [-0.2, -0.15) is 0 Å². The van der Waals surface area contributed by atoms with E-state index in [-0.39, 0.29) is 29.4 Å². The zero-order valence-electron chi connectivity index (χ0n) is 17.0. The van der Waals surface area contributed by atoms with E-state index in [2.05, 4.69) is 19.2 Å². The third kappa shape index (κ3) is 5.52. The van der Waals surface area contributed by atoms with E-state index in [1.165, 1.54) is 12.1 Å². The molecule has 0 spiro atoms. The SMILES string of the molecule is CCCCN(CCCC)C(=O)NCCCN1C(=O)c2ccc([N+](=O)[O-])cc2C1=O. The molecule has 1 heterocycles. The topological polar surface area (TPSA) is 113 Å². The summed E-state index contributed by atoms with van der Waals surface area (Å²) in [6.45, 7) is 6.05. The summed E-state index contributed by atoms with van der Waals surface area (Å²) < 4.78 is 0. The zero-order chi connectivity index (χ0) is 21.4. The van der Waals surface area contributed by atoms with Crippen LogP contribution in [0, 0.1) is 10.1 Å². The summed E-state index contributed by atoms with van der Waals surface area (Å²) in [6, 6.07) is 3.53. The summed E-state index contributed by atoms with van der Waals surface area (Å²) in [5.74, 6) is -0.994. The first-order valence-electron chi connectivity index (χ1n) is 10.1. The van der Waals surface area contributed by atoms with Crippen LogP contribution in [0.1, 0.15) is 66.7 Å². The van der Waals surface area contributed by atoms with Gasteiger partial charge in [-0.3, -0.25) is 24.6 Å². The molecule has 0 atom stereocenters. The number of nitro groups is 1. The van der Waals surface area contributed by atoms with E-state index in [0.717, 1.165) is 36.6 Å². The summed E-state index contributed by atoms with van der Waals surface area (Å²) in [5, 5.41) is 13.7. The predicted octanol–water partition coefficient (Wildman–Crippen LogP) is 3.19. The highest BCUT2D eigenvalue weighted by molar-refractivity contribution is 6.21. The number of urea groups is 1. The van der Waals surface area contributed by atoms with Crippen LogP contribution in [0.15, 0.2) is 18.2 Å². The molecule has 29 heavy (non-hydrogen) atoms. The molecule has 0 aromatic heterocycles. The molecule has 0 radical (unpaired) electrons. The predicted molar refractivity (Wildman–Crippen MR) is 108 cm³/mol. The van der Waals surface area contributed by atoms with Gasteiger partial charge in [0.2, 0.25) is 0 Å². The van der Waals surface area contributed by atoms with E-state index in [4.69, 9.17) is 0 Å². The quantitative estimate of drug-likeness (QED) is 0.263. The molecule has 1 aliphatic rings. The maximum atomic E-state index is 12.4. The molecule has 9 nitrogen and oxygen atoms in total. The molecule has 0 aliphatic carbocycles. The van der Waals surface area contributed by atoms with Crippen molar-refractivity contribution in [2.24, 2.45) is 0 Å². The fourth-order valence-corrected chi connectivity index (χ4v) is 3.15. The molecule has 2 rings (SSSR count). The number of nitrogens with zero attached hydrogens (tertiary/aromatic N) is 3. The average Bonchev–Trinajstić information content (AvgIpc) is 2.95. The monoisotopic (exact) mass is 404 g/mol. The number of carbonyl (C=O) groups excluding carboxylic acids is 3. The van der Waals surface area contributed by atoms with Gasteiger partial charge in [0.25, 0.3) is 17.5 Å². The van der Waals surface area contributed by atoms with Crippen LogP contribution in [0.5, 0.6) is 0 Å². The van der Waals surface area contributed by atoms with Crippen molar-refractivity contribution in [2.45, 2.75) is 46.0 Å². The van der Waals surface area contributed by atoms with Crippen molar-refractivity contribution in [1.82, 2.24) is 15.1 Å². The molecule has 1 aromatic rings. The van der Waals surface area contributed by atoms with Gasteiger partial charge in [-0.15, -0.1) is 0 Å². The van der Waals surface area contributed by atoms with Crippen molar-refractivity contribution in [3.05, 3.63) is 39.4 Å². The number of unbranched alkanes of at least 4 members (excludes halogenated alkanes) is 2. The molecule has 1 aliphatic heterocycles. The minimum atomic E-state index is -0.598. The van der Waals surface area contributed by atoms with Crippen LogP contribution >= 0.6 is 0 Å². The molecule has 9 heteroatoms. The number of nitrogens with one attached hydrogen (secondary N) is 1. The molecule has 158 valence electrons. The van der Waals surface area contributed by atoms with Crippen LogP contribution in [0.4, 0.5) is 10.5 Å². The van der Waals surface area contributed by atoms with Gasteiger partial charge < -0.3 is 10.2 Å². The summed E-state index contributed by atoms with van der Waals surface area (Å²) in [4.78, 5) is 50.4. The second-order valence-corrected chi connectivity index (χ2v) is 7.03. The fraction of sp³-hybridized carbons (Fsp3) is 0.550. The molecule has 4 amide bonds. The number of non-ortho nitro benzene ring substituents is 1. The van der Waals surface area contributed by atoms with Gasteiger partial charge in [0, 0.05) is 38.3 Å². The largest absolute Gasteiger partial charge is 0.338 e. The van der Waals surface area contributed by atoms with Crippen LogP contribution in [0.2, 0.25) is 0 Å². The Kier molecular flexibility index (Phi) is 8.11. The highest BCUT2D eigenvalue weighted by Crippen LogP contribution is 2.26. The van der Waals surface area contributed by atoms with E-state index in [1.54, 1.807) is 4.90 Å². The molecule has 1 aromatic carbocycles. The van der Waals surface area contributed by atoms with Gasteiger partial charge in [-0.05, 0) is 25.3 Å². The first-order chi connectivity index (χ1) is 13.9. The highest BCUT2D eigenvalue weighted by Gasteiger charge is 2.36.